The van der Waals surface area contributed by atoms with Crippen molar-refractivity contribution in [1.29, 1.82) is 0 Å². The second-order valence-corrected chi connectivity index (χ2v) is 3.36. The summed E-state index contributed by atoms with van der Waals surface area (Å²) in [4.78, 5) is 11.2. The van der Waals surface area contributed by atoms with Crippen LogP contribution in [0.25, 0.3) is 0 Å². The van der Waals surface area contributed by atoms with Gasteiger partial charge in [0.15, 0.2) is 0 Å². The minimum absolute atomic E-state index is 0. The lowest BCUT2D eigenvalue weighted by molar-refractivity contribution is -0.124. The van der Waals surface area contributed by atoms with Gasteiger partial charge in [-0.05, 0) is 5.56 Å². The van der Waals surface area contributed by atoms with Crippen LogP contribution in [0.15, 0.2) is 30.3 Å². The average molecular weight is 214 g/mol. The molecule has 0 fully saturated rings. The summed E-state index contributed by atoms with van der Waals surface area (Å²) in [5.74, 6) is 0.160. The van der Waals surface area contributed by atoms with Gasteiger partial charge in [0.25, 0.3) is 0 Å². The smallest absolute Gasteiger partial charge is 0.222 e. The molecule has 0 bridgehead atoms. The highest BCUT2D eigenvalue weighted by atomic mass is 35.5. The van der Waals surface area contributed by atoms with Crippen molar-refractivity contribution in [2.24, 2.45) is 5.92 Å². The van der Waals surface area contributed by atoms with Crippen LogP contribution in [0.2, 0.25) is 0 Å². The number of halogens is 1. The summed E-state index contributed by atoms with van der Waals surface area (Å²) >= 11 is 0. The molecule has 0 radical (unpaired) electrons. The van der Waals surface area contributed by atoms with Crippen LogP contribution in [-0.4, -0.2) is 5.91 Å². The van der Waals surface area contributed by atoms with Gasteiger partial charge in [-0.1, -0.05) is 44.2 Å². The maximum absolute atomic E-state index is 11.2. The zero-order chi connectivity index (χ0) is 9.68. The Balaban J connectivity index is 0.00000169. The van der Waals surface area contributed by atoms with Crippen molar-refractivity contribution in [1.82, 2.24) is 5.32 Å². The standard InChI is InChI=1S/C11H15NO.ClH/c1-9(2)11(13)12-8-10-6-4-3-5-7-10;/h3-7,9H,8H2,1-2H3,(H,12,13);1H. The van der Waals surface area contributed by atoms with Crippen LogP contribution < -0.4 is 5.32 Å². The average Bonchev–Trinajstić information content (AvgIpc) is 2.15. The van der Waals surface area contributed by atoms with E-state index < -0.39 is 0 Å². The molecule has 1 aromatic rings. The summed E-state index contributed by atoms with van der Waals surface area (Å²) < 4.78 is 0. The van der Waals surface area contributed by atoms with Gasteiger partial charge < -0.3 is 5.32 Å². The summed E-state index contributed by atoms with van der Waals surface area (Å²) in [5.41, 5.74) is 1.14. The van der Waals surface area contributed by atoms with Crippen LogP contribution in [-0.2, 0) is 11.3 Å². The van der Waals surface area contributed by atoms with Gasteiger partial charge in [0.05, 0.1) is 0 Å². The van der Waals surface area contributed by atoms with Crippen molar-refractivity contribution in [2.45, 2.75) is 20.4 Å². The highest BCUT2D eigenvalue weighted by molar-refractivity contribution is 5.85. The largest absolute Gasteiger partial charge is 0.352 e. The first-order valence-corrected chi connectivity index (χ1v) is 4.52. The molecule has 0 unspecified atom stereocenters. The number of hydrogen-bond acceptors (Lipinski definition) is 1. The van der Waals surface area contributed by atoms with Gasteiger partial charge in [-0.15, -0.1) is 12.4 Å². The molecule has 0 saturated heterocycles. The van der Waals surface area contributed by atoms with Gasteiger partial charge in [0.2, 0.25) is 5.91 Å². The molecule has 0 aliphatic carbocycles. The first kappa shape index (κ1) is 13.0. The molecule has 0 atom stereocenters. The predicted molar refractivity (Wildman–Crippen MR) is 60.4 cm³/mol. The Bertz CT molecular complexity index is 272. The Hall–Kier alpha value is -1.02. The van der Waals surface area contributed by atoms with Crippen LogP contribution in [0.3, 0.4) is 0 Å². The molecule has 2 nitrogen and oxygen atoms in total. The highest BCUT2D eigenvalue weighted by Crippen LogP contribution is 1.98. The number of amides is 1. The van der Waals surface area contributed by atoms with Crippen LogP contribution in [0.4, 0.5) is 0 Å². The number of carbonyl (C=O) groups excluding carboxylic acids is 1. The maximum Gasteiger partial charge on any atom is 0.222 e. The van der Waals surface area contributed by atoms with Crippen LogP contribution in [0.5, 0.6) is 0 Å². The first-order valence-electron chi connectivity index (χ1n) is 4.52. The number of rotatable bonds is 3. The summed E-state index contributed by atoms with van der Waals surface area (Å²) in [7, 11) is 0. The Morgan fingerprint density at radius 2 is 1.86 bits per heavy atom. The molecule has 1 aromatic carbocycles. The third-order valence-electron chi connectivity index (χ3n) is 1.83. The maximum atomic E-state index is 11.2. The number of benzene rings is 1. The molecule has 1 N–H and O–H groups in total. The van der Waals surface area contributed by atoms with Crippen LogP contribution in [0, 0.1) is 5.92 Å². The van der Waals surface area contributed by atoms with E-state index in [2.05, 4.69) is 5.32 Å². The van der Waals surface area contributed by atoms with Crippen LogP contribution >= 0.6 is 12.4 Å². The van der Waals surface area contributed by atoms with Gasteiger partial charge in [-0.25, -0.2) is 0 Å². The molecule has 0 aromatic heterocycles. The molecular formula is C11H16ClNO. The molecule has 0 heterocycles. The monoisotopic (exact) mass is 213 g/mol. The molecule has 0 aliphatic heterocycles. The lowest BCUT2D eigenvalue weighted by Crippen LogP contribution is -2.26. The quantitative estimate of drug-likeness (QED) is 0.821. The van der Waals surface area contributed by atoms with Crippen molar-refractivity contribution in [3.05, 3.63) is 35.9 Å². The fourth-order valence-corrected chi connectivity index (χ4v) is 0.989. The van der Waals surface area contributed by atoms with E-state index in [1.807, 2.05) is 44.2 Å². The number of hydrogen-bond donors (Lipinski definition) is 1. The van der Waals surface area contributed by atoms with Crippen molar-refractivity contribution in [3.63, 3.8) is 0 Å². The molecule has 14 heavy (non-hydrogen) atoms. The van der Waals surface area contributed by atoms with Gasteiger partial charge in [0.1, 0.15) is 0 Å². The van der Waals surface area contributed by atoms with E-state index in [4.69, 9.17) is 0 Å². The molecule has 0 saturated carbocycles. The third kappa shape index (κ3) is 4.28. The van der Waals surface area contributed by atoms with E-state index in [0.717, 1.165) is 5.56 Å². The normalized spacial score (nSPS) is 9.36. The molecule has 0 aliphatic rings. The second kappa shape index (κ2) is 6.44. The lowest BCUT2D eigenvalue weighted by Gasteiger charge is -2.06. The number of carbonyl (C=O) groups is 1. The van der Waals surface area contributed by atoms with Gasteiger partial charge >= 0.3 is 0 Å². The van der Waals surface area contributed by atoms with Gasteiger partial charge in [0, 0.05) is 12.5 Å². The fraction of sp³-hybridized carbons (Fsp3) is 0.364. The Morgan fingerprint density at radius 1 is 1.29 bits per heavy atom. The summed E-state index contributed by atoms with van der Waals surface area (Å²) in [6, 6.07) is 9.91. The zero-order valence-electron chi connectivity index (χ0n) is 8.49. The zero-order valence-corrected chi connectivity index (χ0v) is 9.30. The van der Waals surface area contributed by atoms with Crippen molar-refractivity contribution < 1.29 is 4.79 Å². The number of nitrogens with one attached hydrogen (secondary N) is 1. The van der Waals surface area contributed by atoms with E-state index in [1.165, 1.54) is 0 Å². The van der Waals surface area contributed by atoms with E-state index in [9.17, 15) is 4.79 Å². The Morgan fingerprint density at radius 3 is 2.36 bits per heavy atom. The van der Waals surface area contributed by atoms with E-state index >= 15 is 0 Å². The molecular weight excluding hydrogens is 198 g/mol. The molecule has 1 rings (SSSR count). The second-order valence-electron chi connectivity index (χ2n) is 3.36. The lowest BCUT2D eigenvalue weighted by atomic mass is 10.2. The molecule has 1 amide bonds. The van der Waals surface area contributed by atoms with Crippen LogP contribution in [0.1, 0.15) is 19.4 Å². The molecule has 0 spiro atoms. The van der Waals surface area contributed by atoms with Crippen molar-refractivity contribution in [2.75, 3.05) is 0 Å². The van der Waals surface area contributed by atoms with E-state index in [-0.39, 0.29) is 24.2 Å². The van der Waals surface area contributed by atoms with Gasteiger partial charge in [-0.2, -0.15) is 0 Å². The molecule has 3 heteroatoms. The summed E-state index contributed by atoms with van der Waals surface area (Å²) in [6.07, 6.45) is 0. The van der Waals surface area contributed by atoms with E-state index in [1.54, 1.807) is 0 Å². The SMILES string of the molecule is CC(C)C(=O)NCc1ccccc1.Cl. The molecule has 78 valence electrons. The minimum Gasteiger partial charge on any atom is -0.352 e. The first-order chi connectivity index (χ1) is 6.20. The Labute approximate surface area is 91.1 Å². The van der Waals surface area contributed by atoms with Crippen molar-refractivity contribution >= 4 is 18.3 Å². The third-order valence-corrected chi connectivity index (χ3v) is 1.83. The highest BCUT2D eigenvalue weighted by Gasteiger charge is 2.04. The minimum atomic E-state index is 0. The topological polar surface area (TPSA) is 29.1 Å². The summed E-state index contributed by atoms with van der Waals surface area (Å²) in [6.45, 7) is 4.40. The van der Waals surface area contributed by atoms with Gasteiger partial charge in [-0.3, -0.25) is 4.79 Å². The van der Waals surface area contributed by atoms with Crippen molar-refractivity contribution in [3.8, 4) is 0 Å². The predicted octanol–water partition coefficient (Wildman–Crippen LogP) is 2.38. The summed E-state index contributed by atoms with van der Waals surface area (Å²) in [5, 5.41) is 2.86. The fourth-order valence-electron chi connectivity index (χ4n) is 0.989. The van der Waals surface area contributed by atoms with E-state index in [0.29, 0.717) is 6.54 Å². The Kier molecular flexibility index (Phi) is 5.97.